The molecule has 1 aliphatic rings. The SMILES string of the molecule is Cc1cc(NC(=O)C2CCN(c3cnccn3)CC2)ccc1C(=O)O. The number of nitrogens with zero attached hydrogens (tertiary/aromatic N) is 3. The second kappa shape index (κ2) is 7.29. The Kier molecular flexibility index (Phi) is 4.92. The Balaban J connectivity index is 1.58. The fourth-order valence-corrected chi connectivity index (χ4v) is 3.05. The molecule has 1 saturated heterocycles. The van der Waals surface area contributed by atoms with E-state index in [1.54, 1.807) is 37.6 Å². The number of benzene rings is 1. The van der Waals surface area contributed by atoms with Crippen molar-refractivity contribution in [1.82, 2.24) is 9.97 Å². The van der Waals surface area contributed by atoms with Crippen molar-refractivity contribution in [3.05, 3.63) is 47.9 Å². The fraction of sp³-hybridized carbons (Fsp3) is 0.333. The molecule has 0 aliphatic carbocycles. The van der Waals surface area contributed by atoms with Crippen LogP contribution >= 0.6 is 0 Å². The zero-order chi connectivity index (χ0) is 17.8. The Labute approximate surface area is 145 Å². The molecule has 7 heteroatoms. The maximum Gasteiger partial charge on any atom is 0.335 e. The molecule has 0 unspecified atom stereocenters. The topological polar surface area (TPSA) is 95.4 Å². The number of anilines is 2. The molecule has 0 atom stereocenters. The highest BCUT2D eigenvalue weighted by molar-refractivity contribution is 5.94. The molecule has 0 radical (unpaired) electrons. The van der Waals surface area contributed by atoms with Gasteiger partial charge in [0.2, 0.25) is 5.91 Å². The van der Waals surface area contributed by atoms with Crippen molar-refractivity contribution in [3.63, 3.8) is 0 Å². The summed E-state index contributed by atoms with van der Waals surface area (Å²) in [7, 11) is 0. The van der Waals surface area contributed by atoms with Crippen molar-refractivity contribution in [2.75, 3.05) is 23.3 Å². The molecule has 1 amide bonds. The zero-order valence-corrected chi connectivity index (χ0v) is 14.0. The van der Waals surface area contributed by atoms with E-state index < -0.39 is 5.97 Å². The predicted molar refractivity (Wildman–Crippen MR) is 93.7 cm³/mol. The van der Waals surface area contributed by atoms with Gasteiger partial charge in [-0.15, -0.1) is 0 Å². The minimum Gasteiger partial charge on any atom is -0.478 e. The first-order chi connectivity index (χ1) is 12.0. The molecule has 7 nitrogen and oxygen atoms in total. The Hall–Kier alpha value is -2.96. The summed E-state index contributed by atoms with van der Waals surface area (Å²) in [6.07, 6.45) is 6.52. The van der Waals surface area contributed by atoms with Crippen molar-refractivity contribution in [3.8, 4) is 0 Å². The van der Waals surface area contributed by atoms with E-state index in [9.17, 15) is 9.59 Å². The summed E-state index contributed by atoms with van der Waals surface area (Å²) < 4.78 is 0. The van der Waals surface area contributed by atoms with Gasteiger partial charge in [-0.05, 0) is 43.5 Å². The molecule has 2 N–H and O–H groups in total. The summed E-state index contributed by atoms with van der Waals surface area (Å²) in [6, 6.07) is 4.84. The van der Waals surface area contributed by atoms with Crippen LogP contribution in [0.4, 0.5) is 11.5 Å². The first-order valence-electron chi connectivity index (χ1n) is 8.20. The lowest BCUT2D eigenvalue weighted by Crippen LogP contribution is -2.38. The maximum absolute atomic E-state index is 12.5. The molecular formula is C18H20N4O3. The Morgan fingerprint density at radius 1 is 1.24 bits per heavy atom. The van der Waals surface area contributed by atoms with Crippen LogP contribution in [0, 0.1) is 12.8 Å². The monoisotopic (exact) mass is 340 g/mol. The second-order valence-electron chi connectivity index (χ2n) is 6.15. The molecule has 0 spiro atoms. The van der Waals surface area contributed by atoms with Gasteiger partial charge in [-0.3, -0.25) is 9.78 Å². The van der Waals surface area contributed by atoms with Gasteiger partial charge in [-0.1, -0.05) is 0 Å². The van der Waals surface area contributed by atoms with E-state index in [4.69, 9.17) is 5.11 Å². The van der Waals surface area contributed by atoms with Crippen molar-refractivity contribution in [2.24, 2.45) is 5.92 Å². The molecule has 2 heterocycles. The number of nitrogens with one attached hydrogen (secondary N) is 1. The van der Waals surface area contributed by atoms with E-state index in [2.05, 4.69) is 20.2 Å². The van der Waals surface area contributed by atoms with Gasteiger partial charge in [0.15, 0.2) is 0 Å². The Bertz CT molecular complexity index is 771. The summed E-state index contributed by atoms with van der Waals surface area (Å²) in [5, 5.41) is 12.0. The summed E-state index contributed by atoms with van der Waals surface area (Å²) in [5.74, 6) is -0.221. The molecular weight excluding hydrogens is 320 g/mol. The highest BCUT2D eigenvalue weighted by atomic mass is 16.4. The van der Waals surface area contributed by atoms with E-state index in [-0.39, 0.29) is 17.4 Å². The fourth-order valence-electron chi connectivity index (χ4n) is 3.05. The predicted octanol–water partition coefficient (Wildman–Crippen LogP) is 2.34. The number of carbonyl (C=O) groups excluding carboxylic acids is 1. The third kappa shape index (κ3) is 3.93. The van der Waals surface area contributed by atoms with Gasteiger partial charge in [-0.2, -0.15) is 0 Å². The zero-order valence-electron chi connectivity index (χ0n) is 14.0. The minimum atomic E-state index is -0.966. The van der Waals surface area contributed by atoms with Crippen molar-refractivity contribution < 1.29 is 14.7 Å². The van der Waals surface area contributed by atoms with Crippen LogP contribution in [0.15, 0.2) is 36.8 Å². The Morgan fingerprint density at radius 3 is 2.60 bits per heavy atom. The summed E-state index contributed by atoms with van der Waals surface area (Å²) in [6.45, 7) is 3.24. The quantitative estimate of drug-likeness (QED) is 0.887. The van der Waals surface area contributed by atoms with E-state index >= 15 is 0 Å². The van der Waals surface area contributed by atoms with Crippen molar-refractivity contribution in [1.29, 1.82) is 0 Å². The molecule has 0 saturated carbocycles. The number of carboxylic acid groups (broad SMARTS) is 1. The maximum atomic E-state index is 12.5. The van der Waals surface area contributed by atoms with Crippen molar-refractivity contribution in [2.45, 2.75) is 19.8 Å². The van der Waals surface area contributed by atoms with Crippen LogP contribution in [-0.2, 0) is 4.79 Å². The highest BCUT2D eigenvalue weighted by Gasteiger charge is 2.25. The minimum absolute atomic E-state index is 0.0266. The molecule has 1 aromatic carbocycles. The van der Waals surface area contributed by atoms with Gasteiger partial charge < -0.3 is 15.3 Å². The number of rotatable bonds is 4. The van der Waals surface area contributed by atoms with Gasteiger partial charge >= 0.3 is 5.97 Å². The van der Waals surface area contributed by atoms with Gasteiger partial charge in [0.05, 0.1) is 11.8 Å². The standard InChI is InChI=1S/C18H20N4O3/c1-12-10-14(2-3-15(12)18(24)25)21-17(23)13-4-8-22(9-5-13)16-11-19-6-7-20-16/h2-3,6-7,10-11,13H,4-5,8-9H2,1H3,(H,21,23)(H,24,25). The average Bonchev–Trinajstić information content (AvgIpc) is 2.62. The van der Waals surface area contributed by atoms with Crippen LogP contribution in [0.3, 0.4) is 0 Å². The van der Waals surface area contributed by atoms with E-state index in [0.717, 1.165) is 31.7 Å². The van der Waals surface area contributed by atoms with Gasteiger partial charge in [0.1, 0.15) is 5.82 Å². The van der Waals surface area contributed by atoms with Crippen LogP contribution < -0.4 is 10.2 Å². The number of aromatic carboxylic acids is 1. The summed E-state index contributed by atoms with van der Waals surface area (Å²) >= 11 is 0. The first kappa shape index (κ1) is 16.9. The van der Waals surface area contributed by atoms with E-state index in [1.165, 1.54) is 6.07 Å². The lowest BCUT2D eigenvalue weighted by molar-refractivity contribution is -0.120. The van der Waals surface area contributed by atoms with E-state index in [0.29, 0.717) is 11.3 Å². The van der Waals surface area contributed by atoms with Crippen LogP contribution in [0.5, 0.6) is 0 Å². The van der Waals surface area contributed by atoms with Gasteiger partial charge in [-0.25, -0.2) is 9.78 Å². The van der Waals surface area contributed by atoms with Crippen LogP contribution in [0.1, 0.15) is 28.8 Å². The number of hydrogen-bond donors (Lipinski definition) is 2. The third-order valence-corrected chi connectivity index (χ3v) is 4.46. The summed E-state index contributed by atoms with van der Waals surface area (Å²) in [5.41, 5.74) is 1.50. The lowest BCUT2D eigenvalue weighted by Gasteiger charge is -2.31. The molecule has 25 heavy (non-hydrogen) atoms. The molecule has 3 rings (SSSR count). The largest absolute Gasteiger partial charge is 0.478 e. The number of piperidine rings is 1. The van der Waals surface area contributed by atoms with Crippen LogP contribution in [0.25, 0.3) is 0 Å². The second-order valence-corrected chi connectivity index (χ2v) is 6.15. The number of aromatic nitrogens is 2. The van der Waals surface area contributed by atoms with Crippen molar-refractivity contribution >= 4 is 23.4 Å². The molecule has 1 aliphatic heterocycles. The van der Waals surface area contributed by atoms with Crippen LogP contribution in [0.2, 0.25) is 0 Å². The number of carbonyl (C=O) groups is 2. The van der Waals surface area contributed by atoms with Gasteiger partial charge in [0.25, 0.3) is 0 Å². The normalized spacial score (nSPS) is 15.0. The number of carboxylic acids is 1. The Morgan fingerprint density at radius 2 is 2.00 bits per heavy atom. The molecule has 1 aromatic heterocycles. The third-order valence-electron chi connectivity index (χ3n) is 4.46. The number of aryl methyl sites for hydroxylation is 1. The lowest BCUT2D eigenvalue weighted by atomic mass is 9.95. The number of hydrogen-bond acceptors (Lipinski definition) is 5. The van der Waals surface area contributed by atoms with Crippen LogP contribution in [-0.4, -0.2) is 40.0 Å². The first-order valence-corrected chi connectivity index (χ1v) is 8.20. The highest BCUT2D eigenvalue weighted by Crippen LogP contribution is 2.23. The molecule has 130 valence electrons. The molecule has 2 aromatic rings. The average molecular weight is 340 g/mol. The van der Waals surface area contributed by atoms with Gasteiger partial charge in [0, 0.05) is 37.1 Å². The molecule has 1 fully saturated rings. The summed E-state index contributed by atoms with van der Waals surface area (Å²) in [4.78, 5) is 34.0. The smallest absolute Gasteiger partial charge is 0.335 e. The molecule has 0 bridgehead atoms. The number of amides is 1. The van der Waals surface area contributed by atoms with E-state index in [1.807, 2.05) is 0 Å².